The van der Waals surface area contributed by atoms with Gasteiger partial charge >= 0.3 is 0 Å². The first kappa shape index (κ1) is 14.9. The Morgan fingerprint density at radius 3 is 2.70 bits per heavy atom. The summed E-state index contributed by atoms with van der Waals surface area (Å²) in [6.45, 7) is 1.07. The molecule has 0 aliphatic heterocycles. The highest BCUT2D eigenvalue weighted by Crippen LogP contribution is 2.44. The van der Waals surface area contributed by atoms with E-state index in [-0.39, 0.29) is 11.3 Å². The third kappa shape index (κ3) is 3.12. The highest BCUT2D eigenvalue weighted by molar-refractivity contribution is 5.76. The number of para-hydroxylation sites is 1. The smallest absolute Gasteiger partial charge is 0.221 e. The summed E-state index contributed by atoms with van der Waals surface area (Å²) in [5.41, 5.74) is 6.65. The number of carbonyl (C=O) groups is 1. The van der Waals surface area contributed by atoms with Crippen LogP contribution in [0.25, 0.3) is 0 Å². The molecule has 4 nitrogen and oxygen atoms in total. The van der Waals surface area contributed by atoms with Crippen molar-refractivity contribution in [3.05, 3.63) is 29.8 Å². The Kier molecular flexibility index (Phi) is 5.01. The highest BCUT2D eigenvalue weighted by atomic mass is 16.5. The van der Waals surface area contributed by atoms with Crippen LogP contribution in [-0.2, 0) is 10.2 Å². The number of ether oxygens (including phenoxy) is 1. The molecule has 4 heteroatoms. The first-order valence-electron chi connectivity index (χ1n) is 7.32. The van der Waals surface area contributed by atoms with Crippen LogP contribution in [0.3, 0.4) is 0 Å². The van der Waals surface area contributed by atoms with Crippen LogP contribution in [0.15, 0.2) is 24.3 Å². The molecule has 1 amide bonds. The minimum absolute atomic E-state index is 0.0108. The van der Waals surface area contributed by atoms with Crippen molar-refractivity contribution in [1.29, 1.82) is 0 Å². The molecular formula is C16H24N2O2. The lowest BCUT2D eigenvalue weighted by Gasteiger charge is -2.31. The summed E-state index contributed by atoms with van der Waals surface area (Å²) >= 11 is 0. The number of amides is 1. The van der Waals surface area contributed by atoms with Gasteiger partial charge in [0.15, 0.2) is 0 Å². The van der Waals surface area contributed by atoms with Gasteiger partial charge in [-0.15, -0.1) is 0 Å². The van der Waals surface area contributed by atoms with Gasteiger partial charge in [0, 0.05) is 30.5 Å². The van der Waals surface area contributed by atoms with Gasteiger partial charge in [-0.2, -0.15) is 0 Å². The van der Waals surface area contributed by atoms with E-state index in [1.807, 2.05) is 18.2 Å². The molecule has 0 radical (unpaired) electrons. The van der Waals surface area contributed by atoms with Gasteiger partial charge in [0.05, 0.1) is 7.11 Å². The number of rotatable bonds is 6. The topological polar surface area (TPSA) is 64.3 Å². The number of nitrogens with one attached hydrogen (secondary N) is 1. The van der Waals surface area contributed by atoms with E-state index in [4.69, 9.17) is 10.5 Å². The maximum atomic E-state index is 11.7. The Bertz CT molecular complexity index is 454. The zero-order valence-corrected chi connectivity index (χ0v) is 12.2. The minimum Gasteiger partial charge on any atom is -0.496 e. The molecule has 0 saturated heterocycles. The first-order valence-corrected chi connectivity index (χ1v) is 7.32. The summed E-state index contributed by atoms with van der Waals surface area (Å²) in [6.07, 6.45) is 4.98. The molecule has 2 rings (SSSR count). The van der Waals surface area contributed by atoms with E-state index < -0.39 is 0 Å². The maximum Gasteiger partial charge on any atom is 0.221 e. The Hall–Kier alpha value is -1.55. The largest absolute Gasteiger partial charge is 0.496 e. The van der Waals surface area contributed by atoms with Crippen LogP contribution in [-0.4, -0.2) is 26.1 Å². The monoisotopic (exact) mass is 276 g/mol. The predicted octanol–water partition coefficient (Wildman–Crippen LogP) is 1.97. The molecule has 1 aromatic rings. The van der Waals surface area contributed by atoms with Crippen molar-refractivity contribution in [1.82, 2.24) is 5.32 Å². The lowest BCUT2D eigenvalue weighted by atomic mass is 9.78. The molecule has 1 fully saturated rings. The van der Waals surface area contributed by atoms with Crippen molar-refractivity contribution in [2.24, 2.45) is 5.73 Å². The average molecular weight is 276 g/mol. The molecule has 1 aromatic carbocycles. The van der Waals surface area contributed by atoms with Crippen molar-refractivity contribution in [3.8, 4) is 5.75 Å². The van der Waals surface area contributed by atoms with Crippen LogP contribution in [0.4, 0.5) is 0 Å². The molecule has 110 valence electrons. The van der Waals surface area contributed by atoms with E-state index >= 15 is 0 Å². The third-order valence-corrected chi connectivity index (χ3v) is 4.23. The summed E-state index contributed by atoms with van der Waals surface area (Å²) < 4.78 is 5.50. The molecule has 1 saturated carbocycles. The van der Waals surface area contributed by atoms with Gasteiger partial charge in [0.1, 0.15) is 5.75 Å². The molecular weight excluding hydrogens is 252 g/mol. The molecule has 1 aliphatic carbocycles. The van der Waals surface area contributed by atoms with Gasteiger partial charge < -0.3 is 15.8 Å². The summed E-state index contributed by atoms with van der Waals surface area (Å²) in [6, 6.07) is 8.15. The standard InChI is InChI=1S/C16H24N2O2/c1-20-14-7-3-2-6-13(14)16(9-4-5-10-16)12-18-15(19)8-11-17/h2-3,6-7H,4-5,8-12,17H2,1H3,(H,18,19). The fourth-order valence-electron chi connectivity index (χ4n) is 3.16. The number of methoxy groups -OCH3 is 1. The van der Waals surface area contributed by atoms with E-state index in [0.717, 1.165) is 18.6 Å². The quantitative estimate of drug-likeness (QED) is 0.835. The van der Waals surface area contributed by atoms with Gasteiger partial charge in [0.2, 0.25) is 5.91 Å². The normalized spacial score (nSPS) is 16.9. The van der Waals surface area contributed by atoms with Crippen molar-refractivity contribution in [2.45, 2.75) is 37.5 Å². The number of carbonyl (C=O) groups excluding carboxylic acids is 1. The Balaban J connectivity index is 2.19. The second-order valence-corrected chi connectivity index (χ2v) is 5.50. The molecule has 1 aliphatic rings. The number of benzene rings is 1. The highest BCUT2D eigenvalue weighted by Gasteiger charge is 2.37. The van der Waals surface area contributed by atoms with Gasteiger partial charge in [-0.1, -0.05) is 31.0 Å². The van der Waals surface area contributed by atoms with Crippen LogP contribution in [0.1, 0.15) is 37.7 Å². The molecule has 0 unspecified atom stereocenters. The number of hydrogen-bond donors (Lipinski definition) is 2. The lowest BCUT2D eigenvalue weighted by Crippen LogP contribution is -2.39. The predicted molar refractivity (Wildman–Crippen MR) is 79.8 cm³/mol. The lowest BCUT2D eigenvalue weighted by molar-refractivity contribution is -0.121. The SMILES string of the molecule is COc1ccccc1C1(CNC(=O)CCN)CCCC1. The van der Waals surface area contributed by atoms with E-state index in [1.54, 1.807) is 7.11 Å². The molecule has 3 N–H and O–H groups in total. The Morgan fingerprint density at radius 1 is 1.35 bits per heavy atom. The van der Waals surface area contributed by atoms with Crippen molar-refractivity contribution in [2.75, 3.05) is 20.2 Å². The summed E-state index contributed by atoms with van der Waals surface area (Å²) in [5, 5.41) is 3.04. The van der Waals surface area contributed by atoms with Gasteiger partial charge in [-0.3, -0.25) is 4.79 Å². The van der Waals surface area contributed by atoms with Gasteiger partial charge in [-0.25, -0.2) is 0 Å². The maximum absolute atomic E-state index is 11.7. The third-order valence-electron chi connectivity index (χ3n) is 4.23. The second-order valence-electron chi connectivity index (χ2n) is 5.50. The van der Waals surface area contributed by atoms with Gasteiger partial charge in [0.25, 0.3) is 0 Å². The van der Waals surface area contributed by atoms with Crippen molar-refractivity contribution >= 4 is 5.91 Å². The summed E-state index contributed by atoms with van der Waals surface area (Å²) in [7, 11) is 1.70. The molecule has 0 spiro atoms. The van der Waals surface area contributed by atoms with Crippen LogP contribution in [0.5, 0.6) is 5.75 Å². The summed E-state index contributed by atoms with van der Waals surface area (Å²) in [5.74, 6) is 0.955. The fourth-order valence-corrected chi connectivity index (χ4v) is 3.16. The molecule has 0 atom stereocenters. The average Bonchev–Trinajstić information content (AvgIpc) is 2.95. The number of nitrogens with two attached hydrogens (primary N) is 1. The van der Waals surface area contributed by atoms with Crippen molar-refractivity contribution < 1.29 is 9.53 Å². The molecule has 20 heavy (non-hydrogen) atoms. The van der Waals surface area contributed by atoms with Gasteiger partial charge in [-0.05, 0) is 18.9 Å². The number of hydrogen-bond acceptors (Lipinski definition) is 3. The fraction of sp³-hybridized carbons (Fsp3) is 0.562. The van der Waals surface area contributed by atoms with Crippen LogP contribution >= 0.6 is 0 Å². The zero-order chi connectivity index (χ0) is 14.4. The zero-order valence-electron chi connectivity index (χ0n) is 12.2. The van der Waals surface area contributed by atoms with E-state index in [1.165, 1.54) is 18.4 Å². The van der Waals surface area contributed by atoms with Crippen LogP contribution < -0.4 is 15.8 Å². The first-order chi connectivity index (χ1) is 9.72. The molecule has 0 bridgehead atoms. The van der Waals surface area contributed by atoms with E-state index in [9.17, 15) is 4.79 Å². The van der Waals surface area contributed by atoms with E-state index in [0.29, 0.717) is 19.5 Å². The van der Waals surface area contributed by atoms with Crippen molar-refractivity contribution in [3.63, 3.8) is 0 Å². The molecule has 0 aromatic heterocycles. The molecule has 0 heterocycles. The Morgan fingerprint density at radius 2 is 2.05 bits per heavy atom. The minimum atomic E-state index is 0.0108. The summed E-state index contributed by atoms with van der Waals surface area (Å²) in [4.78, 5) is 11.7. The van der Waals surface area contributed by atoms with E-state index in [2.05, 4.69) is 11.4 Å². The van der Waals surface area contributed by atoms with Crippen LogP contribution in [0, 0.1) is 0 Å². The second kappa shape index (κ2) is 6.75. The Labute approximate surface area is 120 Å². The van der Waals surface area contributed by atoms with Crippen LogP contribution in [0.2, 0.25) is 0 Å².